The molecular weight excluding hydrogens is 272 g/mol. The van der Waals surface area contributed by atoms with Gasteiger partial charge in [0.25, 0.3) is 5.91 Å². The minimum atomic E-state index is -0.790. The van der Waals surface area contributed by atoms with E-state index in [0.717, 1.165) is 24.4 Å². The van der Waals surface area contributed by atoms with Crippen LogP contribution in [0.25, 0.3) is 0 Å². The molecular formula is C14H22N4O3. The Hall–Kier alpha value is -1.89. The molecule has 2 rings (SSSR count). The molecule has 1 fully saturated rings. The summed E-state index contributed by atoms with van der Waals surface area (Å²) in [6.45, 7) is 7.16. The van der Waals surface area contributed by atoms with Crippen molar-refractivity contribution in [1.82, 2.24) is 20.3 Å². The van der Waals surface area contributed by atoms with Crippen molar-refractivity contribution in [2.45, 2.75) is 39.3 Å². The van der Waals surface area contributed by atoms with Crippen LogP contribution < -0.4 is 5.32 Å². The molecule has 0 unspecified atom stereocenters. The Labute approximate surface area is 124 Å². The second-order valence-corrected chi connectivity index (χ2v) is 6.03. The Kier molecular flexibility index (Phi) is 4.32. The van der Waals surface area contributed by atoms with Gasteiger partial charge in [0.1, 0.15) is 11.3 Å². The van der Waals surface area contributed by atoms with Crippen LogP contribution in [0, 0.1) is 6.92 Å². The Morgan fingerprint density at radius 1 is 1.43 bits per heavy atom. The SMILES string of the molecule is Cc1cc(CN(C)CCCN2C(=O)NC(C)(C)C2=O)no1. The van der Waals surface area contributed by atoms with E-state index in [1.807, 2.05) is 20.0 Å². The number of carbonyl (C=O) groups excluding carboxylic acids is 2. The summed E-state index contributed by atoms with van der Waals surface area (Å²) in [7, 11) is 1.97. The van der Waals surface area contributed by atoms with Crippen molar-refractivity contribution < 1.29 is 14.1 Å². The fourth-order valence-electron chi connectivity index (χ4n) is 2.37. The monoisotopic (exact) mass is 294 g/mol. The number of hydrogen-bond acceptors (Lipinski definition) is 5. The number of hydrogen-bond donors (Lipinski definition) is 1. The highest BCUT2D eigenvalue weighted by Gasteiger charge is 2.43. The number of amides is 3. The first-order valence-corrected chi connectivity index (χ1v) is 7.04. The maximum Gasteiger partial charge on any atom is 0.325 e. The van der Waals surface area contributed by atoms with Gasteiger partial charge in [-0.1, -0.05) is 5.16 Å². The Balaban J connectivity index is 1.76. The minimum Gasteiger partial charge on any atom is -0.361 e. The molecule has 1 aromatic heterocycles. The van der Waals surface area contributed by atoms with E-state index >= 15 is 0 Å². The molecule has 7 nitrogen and oxygen atoms in total. The van der Waals surface area contributed by atoms with Crippen molar-refractivity contribution in [3.63, 3.8) is 0 Å². The molecule has 1 aliphatic heterocycles. The van der Waals surface area contributed by atoms with Crippen LogP contribution in [0.1, 0.15) is 31.7 Å². The molecule has 0 bridgehead atoms. The summed E-state index contributed by atoms with van der Waals surface area (Å²) in [5, 5.41) is 6.61. The van der Waals surface area contributed by atoms with E-state index in [1.54, 1.807) is 13.8 Å². The van der Waals surface area contributed by atoms with Crippen molar-refractivity contribution >= 4 is 11.9 Å². The molecule has 1 saturated heterocycles. The Morgan fingerprint density at radius 3 is 2.67 bits per heavy atom. The van der Waals surface area contributed by atoms with Crippen LogP contribution in [-0.4, -0.2) is 52.6 Å². The fourth-order valence-corrected chi connectivity index (χ4v) is 2.37. The lowest BCUT2D eigenvalue weighted by Gasteiger charge is -2.18. The first-order chi connectivity index (χ1) is 9.79. The number of aromatic nitrogens is 1. The zero-order valence-electron chi connectivity index (χ0n) is 13.0. The van der Waals surface area contributed by atoms with Crippen LogP contribution in [-0.2, 0) is 11.3 Å². The number of rotatable bonds is 6. The summed E-state index contributed by atoms with van der Waals surface area (Å²) in [5.41, 5.74) is 0.0902. The first kappa shape index (κ1) is 15.5. The second kappa shape index (κ2) is 5.85. The molecule has 21 heavy (non-hydrogen) atoms. The second-order valence-electron chi connectivity index (χ2n) is 6.03. The maximum absolute atomic E-state index is 12.0. The molecule has 0 radical (unpaired) electrons. The molecule has 3 amide bonds. The summed E-state index contributed by atoms with van der Waals surface area (Å²) in [5.74, 6) is 0.627. The number of nitrogens with one attached hydrogen (secondary N) is 1. The van der Waals surface area contributed by atoms with Crippen molar-refractivity contribution in [3.8, 4) is 0 Å². The lowest BCUT2D eigenvalue weighted by Crippen LogP contribution is -2.40. The summed E-state index contributed by atoms with van der Waals surface area (Å²) < 4.78 is 5.02. The highest BCUT2D eigenvalue weighted by Crippen LogP contribution is 2.16. The molecule has 1 aromatic rings. The van der Waals surface area contributed by atoms with E-state index in [-0.39, 0.29) is 11.9 Å². The van der Waals surface area contributed by atoms with Crippen LogP contribution in [0.15, 0.2) is 10.6 Å². The van der Waals surface area contributed by atoms with Gasteiger partial charge in [-0.15, -0.1) is 0 Å². The van der Waals surface area contributed by atoms with Gasteiger partial charge in [-0.2, -0.15) is 0 Å². The standard InChI is InChI=1S/C14H22N4O3/c1-10-8-11(16-21-10)9-17(4)6-5-7-18-12(19)14(2,3)15-13(18)20/h8H,5-7,9H2,1-4H3,(H,15,20). The average molecular weight is 294 g/mol. The number of carbonyl (C=O) groups is 2. The third kappa shape index (κ3) is 3.60. The quantitative estimate of drug-likeness (QED) is 0.796. The van der Waals surface area contributed by atoms with Crippen LogP contribution in [0.4, 0.5) is 4.79 Å². The third-order valence-electron chi connectivity index (χ3n) is 3.47. The van der Waals surface area contributed by atoms with Crippen molar-refractivity contribution in [1.29, 1.82) is 0 Å². The van der Waals surface area contributed by atoms with Crippen LogP contribution in [0.2, 0.25) is 0 Å². The van der Waals surface area contributed by atoms with E-state index in [9.17, 15) is 9.59 Å². The molecule has 0 aromatic carbocycles. The Morgan fingerprint density at radius 2 is 2.14 bits per heavy atom. The summed E-state index contributed by atoms with van der Waals surface area (Å²) in [6.07, 6.45) is 0.725. The van der Waals surface area contributed by atoms with Crippen molar-refractivity contribution in [2.24, 2.45) is 0 Å². The highest BCUT2D eigenvalue weighted by atomic mass is 16.5. The molecule has 116 valence electrons. The molecule has 0 aliphatic carbocycles. The zero-order chi connectivity index (χ0) is 15.6. The van der Waals surface area contributed by atoms with Gasteiger partial charge in [0, 0.05) is 19.2 Å². The largest absolute Gasteiger partial charge is 0.361 e. The molecule has 0 spiro atoms. The molecule has 2 heterocycles. The number of aryl methyl sites for hydroxylation is 1. The summed E-state index contributed by atoms with van der Waals surface area (Å²) in [6, 6.07) is 1.59. The van der Waals surface area contributed by atoms with Gasteiger partial charge >= 0.3 is 6.03 Å². The molecule has 1 N–H and O–H groups in total. The molecule has 7 heteroatoms. The summed E-state index contributed by atoms with van der Waals surface area (Å²) in [4.78, 5) is 27.1. The van der Waals surface area contributed by atoms with Crippen molar-refractivity contribution in [3.05, 3.63) is 17.5 Å². The van der Waals surface area contributed by atoms with Gasteiger partial charge in [-0.3, -0.25) is 9.69 Å². The number of nitrogens with zero attached hydrogens (tertiary/aromatic N) is 3. The minimum absolute atomic E-state index is 0.165. The van der Waals surface area contributed by atoms with Gasteiger partial charge < -0.3 is 14.7 Å². The van der Waals surface area contributed by atoms with E-state index in [0.29, 0.717) is 13.1 Å². The molecule has 1 aliphatic rings. The lowest BCUT2D eigenvalue weighted by atomic mass is 10.1. The highest BCUT2D eigenvalue weighted by molar-refractivity contribution is 6.06. The van der Waals surface area contributed by atoms with Crippen LogP contribution in [0.5, 0.6) is 0 Å². The van der Waals surface area contributed by atoms with Gasteiger partial charge in [0.2, 0.25) is 0 Å². The van der Waals surface area contributed by atoms with Crippen molar-refractivity contribution in [2.75, 3.05) is 20.1 Å². The molecule has 0 atom stereocenters. The average Bonchev–Trinajstić information content (AvgIpc) is 2.85. The molecule has 0 saturated carbocycles. The smallest absolute Gasteiger partial charge is 0.325 e. The van der Waals surface area contributed by atoms with E-state index < -0.39 is 5.54 Å². The number of urea groups is 1. The van der Waals surface area contributed by atoms with Gasteiger partial charge in [0.15, 0.2) is 0 Å². The topological polar surface area (TPSA) is 78.7 Å². The normalized spacial score (nSPS) is 17.7. The predicted octanol–water partition coefficient (Wildman–Crippen LogP) is 1.14. The van der Waals surface area contributed by atoms with Gasteiger partial charge in [0.05, 0.1) is 5.69 Å². The predicted molar refractivity (Wildman–Crippen MR) is 76.5 cm³/mol. The zero-order valence-corrected chi connectivity index (χ0v) is 13.0. The van der Waals surface area contributed by atoms with E-state index in [1.165, 1.54) is 4.90 Å². The van der Waals surface area contributed by atoms with Crippen LogP contribution in [0.3, 0.4) is 0 Å². The maximum atomic E-state index is 12.0. The van der Waals surface area contributed by atoms with E-state index in [2.05, 4.69) is 15.4 Å². The van der Waals surface area contributed by atoms with Gasteiger partial charge in [-0.25, -0.2) is 4.79 Å². The van der Waals surface area contributed by atoms with E-state index in [4.69, 9.17) is 4.52 Å². The van der Waals surface area contributed by atoms with Gasteiger partial charge in [-0.05, 0) is 40.8 Å². The summed E-state index contributed by atoms with van der Waals surface area (Å²) >= 11 is 0. The number of imide groups is 1. The lowest BCUT2D eigenvalue weighted by molar-refractivity contribution is -0.130. The third-order valence-corrected chi connectivity index (χ3v) is 3.47. The first-order valence-electron chi connectivity index (χ1n) is 7.04. The fraction of sp³-hybridized carbons (Fsp3) is 0.643. The van der Waals surface area contributed by atoms with Crippen LogP contribution >= 0.6 is 0 Å². The Bertz CT molecular complexity index is 538.